The van der Waals surface area contributed by atoms with Crippen LogP contribution < -0.4 is 16.0 Å². The number of carbonyl (C=O) groups is 1. The molecule has 2 atom stereocenters. The first-order valence-corrected chi connectivity index (χ1v) is 8.19. The number of aryl methyl sites for hydroxylation is 1. The lowest BCUT2D eigenvalue weighted by atomic mass is 10.1. The van der Waals surface area contributed by atoms with Crippen LogP contribution in [0.15, 0.2) is 24.3 Å². The molecule has 0 aliphatic rings. The van der Waals surface area contributed by atoms with Crippen molar-refractivity contribution in [2.45, 2.75) is 58.7 Å². The summed E-state index contributed by atoms with van der Waals surface area (Å²) in [5, 5.41) is 2.88. The largest absolute Gasteiger partial charge is 0.444 e. The lowest BCUT2D eigenvalue weighted by molar-refractivity contribution is 0.0502. The fraction of sp³-hybridized carbons (Fsp3) is 0.611. The van der Waals surface area contributed by atoms with Gasteiger partial charge in [0.05, 0.1) is 12.1 Å². The third-order valence-corrected chi connectivity index (χ3v) is 3.81. The molecule has 2 unspecified atom stereocenters. The predicted molar refractivity (Wildman–Crippen MR) is 95.9 cm³/mol. The number of carbonyl (C=O) groups excluding carboxylic acids is 1. The first-order chi connectivity index (χ1) is 10.7. The molecule has 0 bridgehead atoms. The molecule has 1 aromatic carbocycles. The highest BCUT2D eigenvalue weighted by molar-refractivity contribution is 5.68. The summed E-state index contributed by atoms with van der Waals surface area (Å²) in [5.41, 5.74) is 7.80. The van der Waals surface area contributed by atoms with E-state index in [-0.39, 0.29) is 12.1 Å². The number of anilines is 1. The van der Waals surface area contributed by atoms with Gasteiger partial charge in [-0.25, -0.2) is 4.79 Å². The molecule has 0 fully saturated rings. The molecule has 0 saturated heterocycles. The van der Waals surface area contributed by atoms with E-state index in [0.717, 1.165) is 12.1 Å². The molecule has 130 valence electrons. The fourth-order valence-electron chi connectivity index (χ4n) is 2.45. The van der Waals surface area contributed by atoms with E-state index in [0.29, 0.717) is 6.54 Å². The minimum absolute atomic E-state index is 0.0185. The van der Waals surface area contributed by atoms with Gasteiger partial charge in [0.1, 0.15) is 5.60 Å². The summed E-state index contributed by atoms with van der Waals surface area (Å²) in [5.74, 6) is 0. The molecule has 0 heterocycles. The summed E-state index contributed by atoms with van der Waals surface area (Å²) in [7, 11) is 1.99. The van der Waals surface area contributed by atoms with E-state index in [1.54, 1.807) is 0 Å². The van der Waals surface area contributed by atoms with Gasteiger partial charge in [0, 0.05) is 19.3 Å². The van der Waals surface area contributed by atoms with Gasteiger partial charge in [-0.05, 0) is 51.8 Å². The van der Waals surface area contributed by atoms with Crippen LogP contribution in [0.5, 0.6) is 0 Å². The van der Waals surface area contributed by atoms with Crippen LogP contribution >= 0.6 is 0 Å². The van der Waals surface area contributed by atoms with Crippen molar-refractivity contribution in [1.29, 1.82) is 0 Å². The topological polar surface area (TPSA) is 67.6 Å². The van der Waals surface area contributed by atoms with Crippen LogP contribution in [-0.4, -0.2) is 37.4 Å². The maximum absolute atomic E-state index is 11.9. The number of amides is 1. The van der Waals surface area contributed by atoms with Crippen molar-refractivity contribution in [3.8, 4) is 0 Å². The molecule has 3 N–H and O–H groups in total. The molecule has 0 aliphatic carbocycles. The maximum atomic E-state index is 11.9. The zero-order valence-electron chi connectivity index (χ0n) is 15.2. The number of likely N-dealkylation sites (N-methyl/N-ethyl adjacent to an activating group) is 1. The van der Waals surface area contributed by atoms with Crippen LogP contribution in [0.1, 0.15) is 40.2 Å². The van der Waals surface area contributed by atoms with Crippen LogP contribution in [0.25, 0.3) is 0 Å². The Morgan fingerprint density at radius 3 is 2.30 bits per heavy atom. The van der Waals surface area contributed by atoms with Gasteiger partial charge in [-0.15, -0.1) is 0 Å². The molecule has 0 aliphatic heterocycles. The number of rotatable bonds is 6. The first-order valence-electron chi connectivity index (χ1n) is 8.19. The second kappa shape index (κ2) is 8.20. The van der Waals surface area contributed by atoms with Gasteiger partial charge in [-0.3, -0.25) is 0 Å². The normalized spacial score (nSPS) is 14.0. The highest BCUT2D eigenvalue weighted by atomic mass is 16.6. The molecule has 5 heteroatoms. The highest BCUT2D eigenvalue weighted by Crippen LogP contribution is 2.18. The number of alkyl carbamates (subject to hydrolysis) is 1. The van der Waals surface area contributed by atoms with Gasteiger partial charge in [0.15, 0.2) is 0 Å². The molecule has 1 amide bonds. The van der Waals surface area contributed by atoms with E-state index in [9.17, 15) is 4.79 Å². The van der Waals surface area contributed by atoms with Gasteiger partial charge >= 0.3 is 6.09 Å². The number of ether oxygens (including phenoxy) is 1. The second-order valence-electron chi connectivity index (χ2n) is 6.87. The Hall–Kier alpha value is -1.75. The number of hydrogen-bond acceptors (Lipinski definition) is 4. The smallest absolute Gasteiger partial charge is 0.407 e. The summed E-state index contributed by atoms with van der Waals surface area (Å²) in [4.78, 5) is 14.0. The van der Waals surface area contributed by atoms with E-state index in [1.165, 1.54) is 5.56 Å². The Morgan fingerprint density at radius 2 is 1.87 bits per heavy atom. The van der Waals surface area contributed by atoms with E-state index < -0.39 is 11.7 Å². The van der Waals surface area contributed by atoms with Crippen LogP contribution in [0.4, 0.5) is 10.5 Å². The summed E-state index contributed by atoms with van der Waals surface area (Å²) in [6, 6.07) is 8.25. The van der Waals surface area contributed by atoms with Gasteiger partial charge < -0.3 is 20.7 Å². The molecule has 1 rings (SSSR count). The molecule has 5 nitrogen and oxygen atoms in total. The summed E-state index contributed by atoms with van der Waals surface area (Å²) in [6.45, 7) is 10.0. The van der Waals surface area contributed by atoms with E-state index in [2.05, 4.69) is 41.4 Å². The maximum Gasteiger partial charge on any atom is 0.407 e. The van der Waals surface area contributed by atoms with Crippen LogP contribution in [0.2, 0.25) is 0 Å². The van der Waals surface area contributed by atoms with Crippen molar-refractivity contribution in [1.82, 2.24) is 5.32 Å². The molecule has 23 heavy (non-hydrogen) atoms. The lowest BCUT2D eigenvalue weighted by Gasteiger charge is -2.34. The summed E-state index contributed by atoms with van der Waals surface area (Å²) >= 11 is 0. The Balaban J connectivity index is 2.74. The zero-order chi connectivity index (χ0) is 17.6. The van der Waals surface area contributed by atoms with Crippen LogP contribution in [0, 0.1) is 0 Å². The van der Waals surface area contributed by atoms with Gasteiger partial charge in [-0.1, -0.05) is 19.1 Å². The van der Waals surface area contributed by atoms with E-state index >= 15 is 0 Å². The Labute approximate surface area is 140 Å². The molecule has 0 spiro atoms. The van der Waals surface area contributed by atoms with Crippen molar-refractivity contribution in [2.24, 2.45) is 5.73 Å². The average molecular weight is 321 g/mol. The highest BCUT2D eigenvalue weighted by Gasteiger charge is 2.25. The monoisotopic (exact) mass is 321 g/mol. The van der Waals surface area contributed by atoms with Gasteiger partial charge in [0.25, 0.3) is 0 Å². The average Bonchev–Trinajstić information content (AvgIpc) is 2.45. The number of benzene rings is 1. The Kier molecular flexibility index (Phi) is 6.88. The number of nitrogens with two attached hydrogens (primary N) is 1. The minimum Gasteiger partial charge on any atom is -0.444 e. The van der Waals surface area contributed by atoms with Gasteiger partial charge in [0.2, 0.25) is 0 Å². The molecule has 1 aromatic rings. The molecule has 0 aromatic heterocycles. The zero-order valence-corrected chi connectivity index (χ0v) is 15.2. The van der Waals surface area contributed by atoms with E-state index in [4.69, 9.17) is 10.5 Å². The fourth-order valence-corrected chi connectivity index (χ4v) is 2.45. The van der Waals surface area contributed by atoms with Crippen molar-refractivity contribution in [2.75, 3.05) is 18.5 Å². The summed E-state index contributed by atoms with van der Waals surface area (Å²) in [6.07, 6.45) is 0.596. The van der Waals surface area contributed by atoms with E-state index in [1.807, 2.05) is 34.7 Å². The molecular weight excluding hydrogens is 290 g/mol. The summed E-state index contributed by atoms with van der Waals surface area (Å²) < 4.78 is 5.31. The molecule has 0 saturated carbocycles. The molecular formula is C18H31N3O2. The standard InChI is InChI=1S/C18H31N3O2/c1-7-14-8-10-15(11-9-14)21(6)16(12-19)13(2)20-17(22)23-18(3,4)5/h8-11,13,16H,7,12,19H2,1-6H3,(H,20,22). The SMILES string of the molecule is CCc1ccc(N(C)C(CN)C(C)NC(=O)OC(C)(C)C)cc1. The van der Waals surface area contributed by atoms with Crippen molar-refractivity contribution in [3.05, 3.63) is 29.8 Å². The van der Waals surface area contributed by atoms with Crippen LogP contribution in [-0.2, 0) is 11.2 Å². The lowest BCUT2D eigenvalue weighted by Crippen LogP contribution is -2.53. The van der Waals surface area contributed by atoms with Crippen LogP contribution in [0.3, 0.4) is 0 Å². The van der Waals surface area contributed by atoms with Crippen molar-refractivity contribution in [3.63, 3.8) is 0 Å². The first kappa shape index (κ1) is 19.3. The number of nitrogens with one attached hydrogen (secondary N) is 1. The molecule has 0 radical (unpaired) electrons. The third kappa shape index (κ3) is 6.10. The van der Waals surface area contributed by atoms with Crippen molar-refractivity contribution >= 4 is 11.8 Å². The third-order valence-electron chi connectivity index (χ3n) is 3.81. The Bertz CT molecular complexity index is 494. The van der Waals surface area contributed by atoms with Crippen molar-refractivity contribution < 1.29 is 9.53 Å². The quantitative estimate of drug-likeness (QED) is 0.845. The number of hydrogen-bond donors (Lipinski definition) is 2. The Morgan fingerprint density at radius 1 is 1.30 bits per heavy atom. The number of nitrogens with zero attached hydrogens (tertiary/aromatic N) is 1. The second-order valence-corrected chi connectivity index (χ2v) is 6.87. The predicted octanol–water partition coefficient (Wildman–Crippen LogP) is 2.93. The van der Waals surface area contributed by atoms with Gasteiger partial charge in [-0.2, -0.15) is 0 Å². The minimum atomic E-state index is -0.510.